The van der Waals surface area contributed by atoms with Crippen molar-refractivity contribution in [3.8, 4) is 0 Å². The number of allylic oxidation sites excluding steroid dienone is 6. The van der Waals surface area contributed by atoms with Gasteiger partial charge in [-0.05, 0) is 46.6 Å². The summed E-state index contributed by atoms with van der Waals surface area (Å²) >= 11 is 0. The minimum Gasteiger partial charge on any atom is -0.473 e. The number of rotatable bonds is 2. The fourth-order valence-electron chi connectivity index (χ4n) is 3.53. The Morgan fingerprint density at radius 1 is 0.833 bits per heavy atom. The maximum atomic E-state index is 5.26. The Labute approximate surface area is 140 Å². The number of hydrogen-bond donors (Lipinski definition) is 0. The molecule has 3 aliphatic rings. The first-order chi connectivity index (χ1) is 11.9. The van der Waals surface area contributed by atoms with Gasteiger partial charge in [0.15, 0.2) is 0 Å². The van der Waals surface area contributed by atoms with Gasteiger partial charge in [-0.3, -0.25) is 0 Å². The summed E-state index contributed by atoms with van der Waals surface area (Å²) in [5.41, 5.74) is 8.53. The number of ether oxygens (including phenoxy) is 1. The van der Waals surface area contributed by atoms with Crippen molar-refractivity contribution in [1.29, 1.82) is 0 Å². The van der Waals surface area contributed by atoms with E-state index in [-0.39, 0.29) is 0 Å². The molecule has 0 saturated heterocycles. The lowest BCUT2D eigenvalue weighted by atomic mass is 9.95. The molecular weight excluding hydrogens is 294 g/mol. The summed E-state index contributed by atoms with van der Waals surface area (Å²) in [6.07, 6.45) is 9.34. The average molecular weight is 309 g/mol. The predicted octanol–water partition coefficient (Wildman–Crippen LogP) is 5.31. The average Bonchev–Trinajstić information content (AvgIpc) is 3.42. The molecule has 1 aliphatic carbocycles. The van der Waals surface area contributed by atoms with Crippen molar-refractivity contribution in [2.24, 2.45) is 4.99 Å². The van der Waals surface area contributed by atoms with Crippen LogP contribution in [0, 0.1) is 0 Å². The summed E-state index contributed by atoms with van der Waals surface area (Å²) in [4.78, 5) is 4.96. The summed E-state index contributed by atoms with van der Waals surface area (Å²) < 4.78 is 5.26. The summed E-state index contributed by atoms with van der Waals surface area (Å²) in [7, 11) is 0. The lowest BCUT2D eigenvalue weighted by Crippen LogP contribution is -2.05. The van der Waals surface area contributed by atoms with Crippen molar-refractivity contribution < 1.29 is 4.74 Å². The van der Waals surface area contributed by atoms with E-state index >= 15 is 0 Å². The van der Waals surface area contributed by atoms with Crippen LogP contribution >= 0.6 is 0 Å². The number of hydrogen-bond acceptors (Lipinski definition) is 2. The lowest BCUT2D eigenvalue weighted by Gasteiger charge is -2.15. The van der Waals surface area contributed by atoms with Crippen LogP contribution < -0.4 is 0 Å². The zero-order chi connectivity index (χ0) is 15.9. The van der Waals surface area contributed by atoms with Crippen LogP contribution in [0.5, 0.6) is 0 Å². The molecule has 0 fully saturated rings. The Bertz CT molecular complexity index is 974. The fourth-order valence-corrected chi connectivity index (χ4v) is 3.53. The normalized spacial score (nSPS) is 20.4. The molecule has 1 atom stereocenters. The minimum atomic E-state index is 0.360. The molecule has 0 saturated carbocycles. The molecule has 0 radical (unpaired) electrons. The number of aliphatic imine (C=N–C) groups is 1. The van der Waals surface area contributed by atoms with E-state index in [0.717, 1.165) is 17.0 Å². The highest BCUT2D eigenvalue weighted by atomic mass is 16.5. The summed E-state index contributed by atoms with van der Waals surface area (Å²) in [6.45, 7) is 0. The van der Waals surface area contributed by atoms with E-state index in [1.165, 1.54) is 22.3 Å². The zero-order valence-electron chi connectivity index (χ0n) is 13.0. The van der Waals surface area contributed by atoms with E-state index in [9.17, 15) is 0 Å². The molecule has 2 nitrogen and oxygen atoms in total. The van der Waals surface area contributed by atoms with Gasteiger partial charge in [-0.25, -0.2) is 4.99 Å². The molecule has 0 amide bonds. The first-order valence-electron chi connectivity index (χ1n) is 8.10. The third-order valence-electron chi connectivity index (χ3n) is 4.64. The van der Waals surface area contributed by atoms with Crippen LogP contribution in [0.2, 0.25) is 0 Å². The Hall–Kier alpha value is -3.13. The Balaban J connectivity index is 1.70. The van der Waals surface area contributed by atoms with Crippen LogP contribution in [-0.4, -0.2) is 5.71 Å². The summed E-state index contributed by atoms with van der Waals surface area (Å²) in [5, 5.41) is 0. The molecule has 0 spiro atoms. The molecule has 114 valence electrons. The number of benzene rings is 2. The highest BCUT2D eigenvalue weighted by Crippen LogP contribution is 2.59. The van der Waals surface area contributed by atoms with E-state index in [2.05, 4.69) is 60.7 Å². The topological polar surface area (TPSA) is 21.6 Å². The maximum absolute atomic E-state index is 5.26. The molecule has 2 heterocycles. The van der Waals surface area contributed by atoms with Gasteiger partial charge in [0.2, 0.25) is 0 Å². The molecule has 2 heteroatoms. The third kappa shape index (κ3) is 2.00. The fraction of sp³-hybridized carbons (Fsp3) is 0.0455. The monoisotopic (exact) mass is 309 g/mol. The Morgan fingerprint density at radius 2 is 1.67 bits per heavy atom. The van der Waals surface area contributed by atoms with Gasteiger partial charge in [0.25, 0.3) is 0 Å². The predicted molar refractivity (Wildman–Crippen MR) is 97.1 cm³/mol. The largest absolute Gasteiger partial charge is 0.473 e. The van der Waals surface area contributed by atoms with Gasteiger partial charge in [-0.15, -0.1) is 0 Å². The second-order valence-electron chi connectivity index (χ2n) is 6.03. The van der Waals surface area contributed by atoms with Crippen molar-refractivity contribution >= 4 is 17.0 Å². The smallest absolute Gasteiger partial charge is 0.0908 e. The van der Waals surface area contributed by atoms with Gasteiger partial charge >= 0.3 is 0 Å². The first kappa shape index (κ1) is 13.3. The first-order valence-corrected chi connectivity index (χ1v) is 8.10. The third-order valence-corrected chi connectivity index (χ3v) is 4.64. The molecular formula is C22H15NO. The molecule has 2 aromatic rings. The van der Waals surface area contributed by atoms with E-state index in [1.54, 1.807) is 12.5 Å². The maximum Gasteiger partial charge on any atom is 0.0908 e. The van der Waals surface area contributed by atoms with Crippen molar-refractivity contribution in [1.82, 2.24) is 0 Å². The molecule has 5 rings (SSSR count). The van der Waals surface area contributed by atoms with Gasteiger partial charge in [0, 0.05) is 11.5 Å². The van der Waals surface area contributed by atoms with E-state index < -0.39 is 0 Å². The van der Waals surface area contributed by atoms with Gasteiger partial charge in [0.05, 0.1) is 23.9 Å². The quantitative estimate of drug-likeness (QED) is 0.737. The van der Waals surface area contributed by atoms with Gasteiger partial charge in [-0.1, -0.05) is 48.5 Å². The summed E-state index contributed by atoms with van der Waals surface area (Å²) in [6, 6.07) is 19.0. The molecule has 0 bridgehead atoms. The molecule has 0 aromatic heterocycles. The van der Waals surface area contributed by atoms with Crippen LogP contribution in [0.4, 0.5) is 5.69 Å². The highest BCUT2D eigenvalue weighted by Gasteiger charge is 2.45. The molecule has 24 heavy (non-hydrogen) atoms. The van der Waals surface area contributed by atoms with Crippen molar-refractivity contribution in [2.45, 2.75) is 5.92 Å². The standard InChI is InChI=1S/C22H15NO/c1-2-7-15(8-3-1)19-20-17-10-4-5-11-18(17)23-22(21(19)20)16-9-6-13-24-14-12-16/h1-14,20H. The van der Waals surface area contributed by atoms with Crippen LogP contribution in [0.1, 0.15) is 17.0 Å². The minimum absolute atomic E-state index is 0.360. The number of nitrogens with zero attached hydrogens (tertiary/aromatic N) is 1. The van der Waals surface area contributed by atoms with Crippen LogP contribution in [0.3, 0.4) is 0 Å². The second-order valence-corrected chi connectivity index (χ2v) is 6.03. The van der Waals surface area contributed by atoms with Crippen LogP contribution in [0.15, 0.2) is 101 Å². The highest BCUT2D eigenvalue weighted by molar-refractivity contribution is 6.28. The summed E-state index contributed by atoms with van der Waals surface area (Å²) in [5.74, 6) is 0.360. The number of fused-ring (bicyclic) bond motifs is 3. The van der Waals surface area contributed by atoms with Gasteiger partial charge in [-0.2, -0.15) is 0 Å². The van der Waals surface area contributed by atoms with Crippen molar-refractivity contribution in [3.05, 3.63) is 108 Å². The second kappa shape index (κ2) is 5.20. The molecule has 2 aromatic carbocycles. The van der Waals surface area contributed by atoms with Crippen molar-refractivity contribution in [3.63, 3.8) is 0 Å². The lowest BCUT2D eigenvalue weighted by molar-refractivity contribution is 0.404. The Morgan fingerprint density at radius 3 is 2.58 bits per heavy atom. The number of para-hydroxylation sites is 1. The van der Waals surface area contributed by atoms with E-state index in [0.29, 0.717) is 5.92 Å². The van der Waals surface area contributed by atoms with Crippen molar-refractivity contribution in [2.75, 3.05) is 0 Å². The molecule has 1 unspecified atom stereocenters. The van der Waals surface area contributed by atoms with Crippen LogP contribution in [0.25, 0.3) is 5.57 Å². The van der Waals surface area contributed by atoms with Crippen LogP contribution in [-0.2, 0) is 4.74 Å². The van der Waals surface area contributed by atoms with Gasteiger partial charge < -0.3 is 4.74 Å². The Kier molecular flexibility index (Phi) is 2.89. The molecule has 0 N–H and O–H groups in total. The van der Waals surface area contributed by atoms with E-state index in [4.69, 9.17) is 9.73 Å². The molecule has 2 aliphatic heterocycles. The zero-order valence-corrected chi connectivity index (χ0v) is 13.0. The van der Waals surface area contributed by atoms with Gasteiger partial charge in [0.1, 0.15) is 0 Å². The SMILES string of the molecule is C1=COC=CC(C2=Nc3ccccc3C3C2=C3c2ccccc2)=C1. The van der Waals surface area contributed by atoms with E-state index in [1.807, 2.05) is 12.2 Å².